The third-order valence-corrected chi connectivity index (χ3v) is 2.57. The lowest BCUT2D eigenvalue weighted by atomic mass is 9.94. The van der Waals surface area contributed by atoms with Gasteiger partial charge in [0.1, 0.15) is 4.87 Å². The number of alkyl halides is 1. The third kappa shape index (κ3) is 1.42. The van der Waals surface area contributed by atoms with Gasteiger partial charge in [-0.3, -0.25) is 4.79 Å². The van der Waals surface area contributed by atoms with Gasteiger partial charge in [0.05, 0.1) is 0 Å². The Kier molecular flexibility index (Phi) is 1.81. The van der Waals surface area contributed by atoms with E-state index in [0.29, 0.717) is 6.42 Å². The zero-order valence-corrected chi connectivity index (χ0v) is 8.06. The molecular formula is C10H10ClNO. The fraction of sp³-hybridized carbons (Fsp3) is 0.300. The molecule has 0 saturated carbocycles. The normalized spacial score (nSPS) is 26.5. The fourth-order valence-electron chi connectivity index (χ4n) is 1.49. The van der Waals surface area contributed by atoms with E-state index in [-0.39, 0.29) is 5.91 Å². The number of para-hydroxylation sites is 1. The maximum atomic E-state index is 11.4. The van der Waals surface area contributed by atoms with Crippen molar-refractivity contribution < 1.29 is 4.79 Å². The molecule has 68 valence electrons. The van der Waals surface area contributed by atoms with Crippen molar-refractivity contribution in [2.75, 3.05) is 5.32 Å². The molecule has 1 aromatic carbocycles. The molecule has 0 saturated heterocycles. The first kappa shape index (κ1) is 8.57. The van der Waals surface area contributed by atoms with Gasteiger partial charge >= 0.3 is 0 Å². The number of carbonyl (C=O) groups is 1. The smallest absolute Gasteiger partial charge is 0.245 e. The zero-order valence-electron chi connectivity index (χ0n) is 7.30. The number of benzene rings is 1. The minimum atomic E-state index is -0.797. The molecule has 0 spiro atoms. The second kappa shape index (κ2) is 2.74. The van der Waals surface area contributed by atoms with Gasteiger partial charge in [-0.2, -0.15) is 0 Å². The lowest BCUT2D eigenvalue weighted by Gasteiger charge is -2.28. The molecule has 13 heavy (non-hydrogen) atoms. The van der Waals surface area contributed by atoms with Gasteiger partial charge in [-0.25, -0.2) is 0 Å². The Balaban J connectivity index is 2.44. The summed E-state index contributed by atoms with van der Waals surface area (Å²) in [6.07, 6.45) is 0.594. The van der Waals surface area contributed by atoms with Gasteiger partial charge in [-0.1, -0.05) is 18.2 Å². The van der Waals surface area contributed by atoms with Crippen molar-refractivity contribution in [1.82, 2.24) is 0 Å². The first-order chi connectivity index (χ1) is 6.09. The van der Waals surface area contributed by atoms with Gasteiger partial charge in [-0.05, 0) is 18.6 Å². The van der Waals surface area contributed by atoms with Gasteiger partial charge in [0.25, 0.3) is 0 Å². The lowest BCUT2D eigenvalue weighted by molar-refractivity contribution is -0.118. The highest BCUT2D eigenvalue weighted by Gasteiger charge is 2.35. The van der Waals surface area contributed by atoms with Crippen molar-refractivity contribution in [2.24, 2.45) is 0 Å². The molecule has 1 aliphatic heterocycles. The molecule has 2 nitrogen and oxygen atoms in total. The van der Waals surface area contributed by atoms with Crippen molar-refractivity contribution >= 4 is 23.2 Å². The summed E-state index contributed by atoms with van der Waals surface area (Å²) >= 11 is 6.04. The number of carbonyl (C=O) groups excluding carboxylic acids is 1. The van der Waals surface area contributed by atoms with Crippen molar-refractivity contribution in [3.63, 3.8) is 0 Å². The predicted molar refractivity (Wildman–Crippen MR) is 53.0 cm³/mol. The van der Waals surface area contributed by atoms with E-state index >= 15 is 0 Å². The largest absolute Gasteiger partial charge is 0.324 e. The van der Waals surface area contributed by atoms with Crippen LogP contribution in [0.15, 0.2) is 24.3 Å². The number of hydrogen-bond acceptors (Lipinski definition) is 1. The van der Waals surface area contributed by atoms with E-state index in [1.807, 2.05) is 24.3 Å². The highest BCUT2D eigenvalue weighted by Crippen LogP contribution is 2.31. The highest BCUT2D eigenvalue weighted by molar-refractivity contribution is 6.37. The second-order valence-electron chi connectivity index (χ2n) is 3.49. The van der Waals surface area contributed by atoms with Crippen LogP contribution in [0.3, 0.4) is 0 Å². The molecule has 1 amide bonds. The molecule has 1 atom stereocenters. The van der Waals surface area contributed by atoms with E-state index < -0.39 is 4.87 Å². The molecule has 3 heteroatoms. The number of rotatable bonds is 0. The van der Waals surface area contributed by atoms with Gasteiger partial charge in [0, 0.05) is 12.1 Å². The summed E-state index contributed by atoms with van der Waals surface area (Å²) in [5.41, 5.74) is 1.98. The SMILES string of the molecule is CC1(Cl)Cc2ccccc2NC1=O. The summed E-state index contributed by atoms with van der Waals surface area (Å²) in [5.74, 6) is -0.118. The zero-order chi connectivity index (χ0) is 9.47. The molecule has 1 aromatic rings. The molecular weight excluding hydrogens is 186 g/mol. The number of fused-ring (bicyclic) bond motifs is 1. The molecule has 0 fully saturated rings. The number of hydrogen-bond donors (Lipinski definition) is 1. The Hall–Kier alpha value is -1.02. The van der Waals surface area contributed by atoms with Crippen LogP contribution in [0.5, 0.6) is 0 Å². The second-order valence-corrected chi connectivity index (χ2v) is 4.32. The Morgan fingerprint density at radius 2 is 2.15 bits per heavy atom. The molecule has 1 heterocycles. The average Bonchev–Trinajstić information content (AvgIpc) is 2.06. The van der Waals surface area contributed by atoms with Crippen LogP contribution in [0, 0.1) is 0 Å². The summed E-state index contributed by atoms with van der Waals surface area (Å²) in [5, 5.41) is 2.78. The van der Waals surface area contributed by atoms with Crippen molar-refractivity contribution in [1.29, 1.82) is 0 Å². The molecule has 0 aromatic heterocycles. The fourth-order valence-corrected chi connectivity index (χ4v) is 1.68. The molecule has 0 bridgehead atoms. The van der Waals surface area contributed by atoms with Crippen LogP contribution < -0.4 is 5.32 Å². The van der Waals surface area contributed by atoms with E-state index in [1.165, 1.54) is 0 Å². The van der Waals surface area contributed by atoms with Crippen LogP contribution in [-0.2, 0) is 11.2 Å². The summed E-state index contributed by atoms with van der Waals surface area (Å²) in [6.45, 7) is 1.74. The van der Waals surface area contributed by atoms with Crippen LogP contribution in [0.2, 0.25) is 0 Å². The number of amides is 1. The van der Waals surface area contributed by atoms with E-state index in [2.05, 4.69) is 5.32 Å². The van der Waals surface area contributed by atoms with E-state index in [0.717, 1.165) is 11.3 Å². The van der Waals surface area contributed by atoms with Crippen LogP contribution in [0.1, 0.15) is 12.5 Å². The summed E-state index contributed by atoms with van der Waals surface area (Å²) in [4.78, 5) is 10.6. The van der Waals surface area contributed by atoms with Gasteiger partial charge in [0.15, 0.2) is 0 Å². The molecule has 1 unspecified atom stereocenters. The maximum Gasteiger partial charge on any atom is 0.245 e. The van der Waals surface area contributed by atoms with Crippen molar-refractivity contribution in [3.8, 4) is 0 Å². The van der Waals surface area contributed by atoms with Crippen LogP contribution in [0.25, 0.3) is 0 Å². The van der Waals surface area contributed by atoms with Crippen molar-refractivity contribution in [3.05, 3.63) is 29.8 Å². The van der Waals surface area contributed by atoms with Crippen LogP contribution >= 0.6 is 11.6 Å². The van der Waals surface area contributed by atoms with Crippen molar-refractivity contribution in [2.45, 2.75) is 18.2 Å². The molecule has 2 rings (SSSR count). The molecule has 1 aliphatic rings. The third-order valence-electron chi connectivity index (χ3n) is 2.26. The predicted octanol–water partition coefficient (Wildman–Crippen LogP) is 2.18. The molecule has 0 aliphatic carbocycles. The van der Waals surface area contributed by atoms with E-state index in [1.54, 1.807) is 6.92 Å². The van der Waals surface area contributed by atoms with E-state index in [4.69, 9.17) is 11.6 Å². The quantitative estimate of drug-likeness (QED) is 0.632. The number of nitrogens with one attached hydrogen (secondary N) is 1. The van der Waals surface area contributed by atoms with Gasteiger partial charge in [0.2, 0.25) is 5.91 Å². The topological polar surface area (TPSA) is 29.1 Å². The van der Waals surface area contributed by atoms with E-state index in [9.17, 15) is 4.79 Å². The minimum Gasteiger partial charge on any atom is -0.324 e. The first-order valence-electron chi connectivity index (χ1n) is 4.18. The number of halogens is 1. The Morgan fingerprint density at radius 1 is 1.46 bits per heavy atom. The molecule has 0 radical (unpaired) electrons. The monoisotopic (exact) mass is 195 g/mol. The highest BCUT2D eigenvalue weighted by atomic mass is 35.5. The van der Waals surface area contributed by atoms with Gasteiger partial charge in [-0.15, -0.1) is 11.6 Å². The Bertz CT molecular complexity index is 360. The average molecular weight is 196 g/mol. The van der Waals surface area contributed by atoms with Crippen LogP contribution in [-0.4, -0.2) is 10.8 Å². The summed E-state index contributed by atoms with van der Waals surface area (Å²) in [7, 11) is 0. The number of anilines is 1. The lowest BCUT2D eigenvalue weighted by Crippen LogP contribution is -2.40. The Labute approximate surface area is 81.9 Å². The maximum absolute atomic E-state index is 11.4. The Morgan fingerprint density at radius 3 is 2.92 bits per heavy atom. The van der Waals surface area contributed by atoms with Crippen LogP contribution in [0.4, 0.5) is 5.69 Å². The molecule has 1 N–H and O–H groups in total. The summed E-state index contributed by atoms with van der Waals surface area (Å²) < 4.78 is 0. The van der Waals surface area contributed by atoms with Gasteiger partial charge < -0.3 is 5.32 Å². The standard InChI is InChI=1S/C10H10ClNO/c1-10(11)6-7-4-2-3-5-8(7)12-9(10)13/h2-5H,6H2,1H3,(H,12,13). The first-order valence-corrected chi connectivity index (χ1v) is 4.56. The summed E-state index contributed by atoms with van der Waals surface area (Å²) in [6, 6.07) is 7.72. The minimum absolute atomic E-state index is 0.118.